The van der Waals surface area contributed by atoms with Crippen molar-refractivity contribution in [3.05, 3.63) is 89.2 Å². The molecule has 3 saturated heterocycles. The third kappa shape index (κ3) is 4.96. The summed E-state index contributed by atoms with van der Waals surface area (Å²) in [6.07, 6.45) is 7.45. The number of amides is 1. The summed E-state index contributed by atoms with van der Waals surface area (Å²) < 4.78 is 2.18. The molecular weight excluding hydrogens is 536 g/mol. The van der Waals surface area contributed by atoms with Crippen LogP contribution in [0.25, 0.3) is 5.65 Å². The molecule has 0 aliphatic carbocycles. The lowest BCUT2D eigenvalue weighted by Crippen LogP contribution is -2.48. The molecule has 224 valence electrons. The van der Waals surface area contributed by atoms with Crippen LogP contribution < -0.4 is 15.5 Å². The molecule has 0 radical (unpaired) electrons. The third-order valence-electron chi connectivity index (χ3n) is 10.0. The van der Waals surface area contributed by atoms with Gasteiger partial charge in [-0.05, 0) is 94.0 Å². The van der Waals surface area contributed by atoms with Gasteiger partial charge in [0.1, 0.15) is 0 Å². The quantitative estimate of drug-likeness (QED) is 0.284. The molecule has 3 fully saturated rings. The van der Waals surface area contributed by atoms with E-state index in [2.05, 4.69) is 81.3 Å². The highest BCUT2D eigenvalue weighted by molar-refractivity contribution is 5.95. The van der Waals surface area contributed by atoms with Gasteiger partial charge in [-0.1, -0.05) is 36.8 Å². The van der Waals surface area contributed by atoms with Crippen molar-refractivity contribution in [2.45, 2.75) is 63.5 Å². The number of carbonyl (C=O) groups is 1. The van der Waals surface area contributed by atoms with E-state index in [-0.39, 0.29) is 11.4 Å². The average Bonchev–Trinajstić information content (AvgIpc) is 3.77. The number of fused-ring (bicyclic) bond motifs is 1. The molecule has 2 aromatic carbocycles. The number of rotatable bonds is 6. The number of hydrogen-bond donors (Lipinski definition) is 3. The highest BCUT2D eigenvalue weighted by Gasteiger charge is 2.45. The van der Waals surface area contributed by atoms with Crippen molar-refractivity contribution in [1.82, 2.24) is 19.6 Å². The Bertz CT molecular complexity index is 1610. The van der Waals surface area contributed by atoms with E-state index in [9.17, 15) is 9.90 Å². The molecule has 1 unspecified atom stereocenters. The van der Waals surface area contributed by atoms with E-state index in [4.69, 9.17) is 4.98 Å². The van der Waals surface area contributed by atoms with E-state index < -0.39 is 5.60 Å². The molecule has 4 aromatic rings. The molecule has 2 aromatic heterocycles. The van der Waals surface area contributed by atoms with Crippen molar-refractivity contribution < 1.29 is 9.90 Å². The van der Waals surface area contributed by atoms with Gasteiger partial charge in [-0.15, -0.1) is 0 Å². The number of carbonyl (C=O) groups excluding carboxylic acids is 1. The molecule has 8 heteroatoms. The Morgan fingerprint density at radius 2 is 1.77 bits per heavy atom. The van der Waals surface area contributed by atoms with Crippen molar-refractivity contribution in [2.24, 2.45) is 0 Å². The maximum Gasteiger partial charge on any atom is 0.254 e. The van der Waals surface area contributed by atoms with Crippen LogP contribution in [0.3, 0.4) is 0 Å². The summed E-state index contributed by atoms with van der Waals surface area (Å²) in [5.41, 5.74) is 6.15. The van der Waals surface area contributed by atoms with Crippen LogP contribution in [0.5, 0.6) is 0 Å². The Labute approximate surface area is 253 Å². The molecule has 1 spiro atoms. The Balaban J connectivity index is 1.09. The van der Waals surface area contributed by atoms with E-state index in [0.29, 0.717) is 12.8 Å². The Morgan fingerprint density at radius 3 is 2.47 bits per heavy atom. The SMILES string of the molecule is CCc1c(Nc2ccc(C(=O)N3CCCC34CCNC4)cc2)nc2c(N3CCC(O)(c4ccc(C)cc4)CC3)cccn12. The molecule has 43 heavy (non-hydrogen) atoms. The van der Waals surface area contributed by atoms with Gasteiger partial charge in [0.05, 0.1) is 22.5 Å². The monoisotopic (exact) mass is 578 g/mol. The van der Waals surface area contributed by atoms with Gasteiger partial charge in [0.2, 0.25) is 0 Å². The number of pyridine rings is 1. The van der Waals surface area contributed by atoms with Crippen LogP contribution in [0.4, 0.5) is 17.2 Å². The summed E-state index contributed by atoms with van der Waals surface area (Å²) >= 11 is 0. The highest BCUT2D eigenvalue weighted by atomic mass is 16.3. The second-order valence-electron chi connectivity index (χ2n) is 12.6. The highest BCUT2D eigenvalue weighted by Crippen LogP contribution is 2.38. The van der Waals surface area contributed by atoms with Gasteiger partial charge in [0, 0.05) is 43.6 Å². The molecule has 0 saturated carbocycles. The molecule has 0 bridgehead atoms. The molecule has 3 aliphatic heterocycles. The number of benzene rings is 2. The Hall–Kier alpha value is -3.88. The maximum atomic E-state index is 13.5. The number of aliphatic hydroxyl groups is 1. The largest absolute Gasteiger partial charge is 0.385 e. The normalized spacial score (nSPS) is 21.7. The molecular formula is C35H42N6O2. The number of nitrogens with zero attached hydrogens (tertiary/aromatic N) is 4. The van der Waals surface area contributed by atoms with Crippen LogP contribution in [-0.2, 0) is 12.0 Å². The van der Waals surface area contributed by atoms with E-state index in [0.717, 1.165) is 98.1 Å². The van der Waals surface area contributed by atoms with Crippen molar-refractivity contribution in [3.8, 4) is 0 Å². The van der Waals surface area contributed by atoms with Gasteiger partial charge in [-0.3, -0.25) is 4.79 Å². The zero-order chi connectivity index (χ0) is 29.6. The van der Waals surface area contributed by atoms with Crippen LogP contribution in [0, 0.1) is 6.92 Å². The lowest BCUT2D eigenvalue weighted by Gasteiger charge is -2.39. The van der Waals surface area contributed by atoms with Gasteiger partial charge >= 0.3 is 0 Å². The molecule has 3 aliphatic rings. The zero-order valence-electron chi connectivity index (χ0n) is 25.3. The number of likely N-dealkylation sites (tertiary alicyclic amines) is 1. The number of hydrogen-bond acceptors (Lipinski definition) is 6. The van der Waals surface area contributed by atoms with Crippen LogP contribution in [-0.4, -0.2) is 63.6 Å². The number of aryl methyl sites for hydroxylation is 2. The first kappa shape index (κ1) is 27.9. The lowest BCUT2D eigenvalue weighted by atomic mass is 9.84. The first-order chi connectivity index (χ1) is 20.9. The molecule has 8 nitrogen and oxygen atoms in total. The van der Waals surface area contributed by atoms with Crippen molar-refractivity contribution in [3.63, 3.8) is 0 Å². The standard InChI is InChI=1S/C35H42N6O2/c1-3-29-31(37-28-13-9-26(10-14-28)33(42)41-21-5-15-34(41)16-19-36-24-34)38-32-30(6-4-20-40(29)32)39-22-17-35(43,18-23-39)27-11-7-25(2)8-12-27/h4,6-14,20,36-37,43H,3,5,15-19,21-24H2,1-2H3. The molecule has 5 heterocycles. The van der Waals surface area contributed by atoms with Gasteiger partial charge in [-0.2, -0.15) is 0 Å². The molecule has 7 rings (SSSR count). The van der Waals surface area contributed by atoms with Gasteiger partial charge in [0.15, 0.2) is 11.5 Å². The predicted octanol–water partition coefficient (Wildman–Crippen LogP) is 5.40. The van der Waals surface area contributed by atoms with E-state index in [1.807, 2.05) is 24.3 Å². The summed E-state index contributed by atoms with van der Waals surface area (Å²) in [7, 11) is 0. The van der Waals surface area contributed by atoms with E-state index in [1.54, 1.807) is 0 Å². The number of aromatic nitrogens is 2. The van der Waals surface area contributed by atoms with Gasteiger partial charge in [0.25, 0.3) is 5.91 Å². The number of anilines is 3. The minimum atomic E-state index is -0.803. The van der Waals surface area contributed by atoms with Crippen LogP contribution in [0.15, 0.2) is 66.9 Å². The fourth-order valence-electron chi connectivity index (χ4n) is 7.48. The smallest absolute Gasteiger partial charge is 0.254 e. The Kier molecular flexibility index (Phi) is 7.14. The predicted molar refractivity (Wildman–Crippen MR) is 171 cm³/mol. The summed E-state index contributed by atoms with van der Waals surface area (Å²) in [5, 5.41) is 18.4. The fourth-order valence-corrected chi connectivity index (χ4v) is 7.48. The third-order valence-corrected chi connectivity index (χ3v) is 10.0. The molecule has 1 atom stereocenters. The number of nitrogens with one attached hydrogen (secondary N) is 2. The lowest BCUT2D eigenvalue weighted by molar-refractivity contribution is 0.0118. The zero-order valence-corrected chi connectivity index (χ0v) is 25.3. The number of imidazole rings is 1. The molecule has 1 amide bonds. The topological polar surface area (TPSA) is 85.1 Å². The van der Waals surface area contributed by atoms with Crippen molar-refractivity contribution in [1.29, 1.82) is 0 Å². The maximum absolute atomic E-state index is 13.5. The summed E-state index contributed by atoms with van der Waals surface area (Å²) in [5.74, 6) is 0.966. The second-order valence-corrected chi connectivity index (χ2v) is 12.6. The summed E-state index contributed by atoms with van der Waals surface area (Å²) in [6, 6.07) is 20.3. The van der Waals surface area contributed by atoms with Crippen molar-refractivity contribution in [2.75, 3.05) is 42.9 Å². The summed E-state index contributed by atoms with van der Waals surface area (Å²) in [4.78, 5) is 23.0. The van der Waals surface area contributed by atoms with Crippen molar-refractivity contribution >= 4 is 28.7 Å². The van der Waals surface area contributed by atoms with Crippen LogP contribution in [0.2, 0.25) is 0 Å². The first-order valence-electron chi connectivity index (χ1n) is 15.8. The van der Waals surface area contributed by atoms with E-state index in [1.165, 1.54) is 5.56 Å². The van der Waals surface area contributed by atoms with Crippen LogP contribution >= 0.6 is 0 Å². The minimum Gasteiger partial charge on any atom is -0.385 e. The van der Waals surface area contributed by atoms with Gasteiger partial charge < -0.3 is 29.9 Å². The average molecular weight is 579 g/mol. The number of piperidine rings is 1. The fraction of sp³-hybridized carbons (Fsp3) is 0.429. The minimum absolute atomic E-state index is 0.00796. The van der Waals surface area contributed by atoms with E-state index >= 15 is 0 Å². The Morgan fingerprint density at radius 1 is 1.00 bits per heavy atom. The second kappa shape index (κ2) is 11.0. The van der Waals surface area contributed by atoms with Crippen LogP contribution in [0.1, 0.15) is 66.2 Å². The molecule has 3 N–H and O–H groups in total. The first-order valence-corrected chi connectivity index (χ1v) is 15.8. The van der Waals surface area contributed by atoms with Gasteiger partial charge in [-0.25, -0.2) is 4.98 Å². The summed E-state index contributed by atoms with van der Waals surface area (Å²) in [6.45, 7) is 8.46.